The van der Waals surface area contributed by atoms with Gasteiger partial charge in [-0.1, -0.05) is 18.2 Å². The molecule has 1 aromatic carbocycles. The third kappa shape index (κ3) is 2.99. The summed E-state index contributed by atoms with van der Waals surface area (Å²) in [5.41, 5.74) is 0. The lowest BCUT2D eigenvalue weighted by Crippen LogP contribution is -2.26. The Labute approximate surface area is 90.0 Å². The van der Waals surface area contributed by atoms with Crippen molar-refractivity contribution in [2.24, 2.45) is 0 Å². The molecule has 0 spiro atoms. The molecule has 0 bridgehead atoms. The molecule has 0 fully saturated rings. The molecule has 1 rings (SSSR count). The van der Waals surface area contributed by atoms with Gasteiger partial charge in [0.15, 0.2) is 11.5 Å². The van der Waals surface area contributed by atoms with Crippen LogP contribution < -0.4 is 9.47 Å². The molecule has 0 saturated carbocycles. The van der Waals surface area contributed by atoms with Gasteiger partial charge < -0.3 is 14.6 Å². The Balaban J connectivity index is 2.75. The van der Waals surface area contributed by atoms with Gasteiger partial charge in [0.25, 0.3) is 0 Å². The predicted molar refractivity (Wildman–Crippen MR) is 59.3 cm³/mol. The topological polar surface area (TPSA) is 38.7 Å². The Morgan fingerprint density at radius 2 is 1.93 bits per heavy atom. The molecule has 1 unspecified atom stereocenters. The highest BCUT2D eigenvalue weighted by Crippen LogP contribution is 2.27. The van der Waals surface area contributed by atoms with Crippen molar-refractivity contribution in [2.75, 3.05) is 7.11 Å². The van der Waals surface area contributed by atoms with Crippen LogP contribution in [0.25, 0.3) is 0 Å². The van der Waals surface area contributed by atoms with E-state index in [1.54, 1.807) is 20.1 Å². The van der Waals surface area contributed by atoms with Crippen molar-refractivity contribution in [2.45, 2.75) is 19.1 Å². The number of methoxy groups -OCH3 is 1. The van der Waals surface area contributed by atoms with Crippen LogP contribution in [0, 0.1) is 0 Å². The van der Waals surface area contributed by atoms with Gasteiger partial charge in [-0.15, -0.1) is 6.58 Å². The van der Waals surface area contributed by atoms with Crippen LogP contribution in [0.5, 0.6) is 11.5 Å². The van der Waals surface area contributed by atoms with Gasteiger partial charge in [-0.2, -0.15) is 0 Å². The standard InChI is InChI=1S/C12H16O3/c1-4-10(13)9(2)15-12-8-6-5-7-11(12)14-3/h4-10,13H,1H2,2-3H3/t9-,10?/m1/s1. The highest BCUT2D eigenvalue weighted by molar-refractivity contribution is 5.39. The van der Waals surface area contributed by atoms with Crippen molar-refractivity contribution in [3.8, 4) is 11.5 Å². The first-order valence-corrected chi connectivity index (χ1v) is 4.79. The Morgan fingerprint density at radius 1 is 1.33 bits per heavy atom. The summed E-state index contributed by atoms with van der Waals surface area (Å²) in [5.74, 6) is 1.27. The van der Waals surface area contributed by atoms with Crippen LogP contribution in [0.4, 0.5) is 0 Å². The van der Waals surface area contributed by atoms with Crippen molar-refractivity contribution >= 4 is 0 Å². The maximum atomic E-state index is 9.47. The van der Waals surface area contributed by atoms with E-state index in [0.717, 1.165) is 0 Å². The Hall–Kier alpha value is -1.48. The lowest BCUT2D eigenvalue weighted by Gasteiger charge is -2.19. The number of aliphatic hydroxyl groups is 1. The average Bonchev–Trinajstić information content (AvgIpc) is 2.28. The number of rotatable bonds is 5. The van der Waals surface area contributed by atoms with Crippen LogP contribution in [-0.4, -0.2) is 24.4 Å². The summed E-state index contributed by atoms with van der Waals surface area (Å²) in [5, 5.41) is 9.47. The zero-order valence-corrected chi connectivity index (χ0v) is 9.01. The van der Waals surface area contributed by atoms with Crippen molar-refractivity contribution < 1.29 is 14.6 Å². The average molecular weight is 208 g/mol. The Morgan fingerprint density at radius 3 is 2.47 bits per heavy atom. The molecular formula is C12H16O3. The van der Waals surface area contributed by atoms with Gasteiger partial charge in [0.2, 0.25) is 0 Å². The molecule has 0 radical (unpaired) electrons. The van der Waals surface area contributed by atoms with E-state index in [1.165, 1.54) is 6.08 Å². The van der Waals surface area contributed by atoms with Crippen LogP contribution in [0.3, 0.4) is 0 Å². The minimum atomic E-state index is -0.685. The third-order valence-corrected chi connectivity index (χ3v) is 2.10. The Kier molecular flexibility index (Phi) is 4.18. The van der Waals surface area contributed by atoms with Gasteiger partial charge in [-0.25, -0.2) is 0 Å². The van der Waals surface area contributed by atoms with Gasteiger partial charge in [0.05, 0.1) is 7.11 Å². The van der Waals surface area contributed by atoms with Crippen LogP contribution in [0.1, 0.15) is 6.92 Å². The number of hydrogen-bond donors (Lipinski definition) is 1. The van der Waals surface area contributed by atoms with Crippen LogP contribution >= 0.6 is 0 Å². The number of hydrogen-bond acceptors (Lipinski definition) is 3. The quantitative estimate of drug-likeness (QED) is 0.752. The summed E-state index contributed by atoms with van der Waals surface area (Å²) in [6.45, 7) is 5.28. The highest BCUT2D eigenvalue weighted by atomic mass is 16.5. The first kappa shape index (κ1) is 11.6. The van der Waals surface area contributed by atoms with Crippen molar-refractivity contribution in [1.82, 2.24) is 0 Å². The fourth-order valence-corrected chi connectivity index (χ4v) is 1.18. The van der Waals surface area contributed by atoms with E-state index in [0.29, 0.717) is 11.5 Å². The summed E-state index contributed by atoms with van der Waals surface area (Å²) in [6, 6.07) is 7.32. The zero-order valence-electron chi connectivity index (χ0n) is 9.01. The highest BCUT2D eigenvalue weighted by Gasteiger charge is 2.14. The molecule has 15 heavy (non-hydrogen) atoms. The smallest absolute Gasteiger partial charge is 0.161 e. The van der Waals surface area contributed by atoms with Crippen molar-refractivity contribution in [3.63, 3.8) is 0 Å². The molecule has 0 aromatic heterocycles. The molecule has 2 atom stereocenters. The van der Waals surface area contributed by atoms with Crippen LogP contribution in [0.2, 0.25) is 0 Å². The second-order valence-corrected chi connectivity index (χ2v) is 3.20. The fourth-order valence-electron chi connectivity index (χ4n) is 1.18. The molecule has 0 amide bonds. The van der Waals surface area contributed by atoms with Crippen LogP contribution in [0.15, 0.2) is 36.9 Å². The lowest BCUT2D eigenvalue weighted by molar-refractivity contribution is 0.0775. The fraction of sp³-hybridized carbons (Fsp3) is 0.333. The van der Waals surface area contributed by atoms with Gasteiger partial charge in [0, 0.05) is 0 Å². The summed E-state index contributed by atoms with van der Waals surface area (Å²) in [7, 11) is 1.58. The molecule has 0 aliphatic rings. The molecule has 0 aliphatic heterocycles. The summed E-state index contributed by atoms with van der Waals surface area (Å²) >= 11 is 0. The van der Waals surface area contributed by atoms with E-state index in [1.807, 2.05) is 18.2 Å². The molecule has 82 valence electrons. The maximum absolute atomic E-state index is 9.47. The second-order valence-electron chi connectivity index (χ2n) is 3.20. The monoisotopic (exact) mass is 208 g/mol. The summed E-state index contributed by atoms with van der Waals surface area (Å²) in [6.07, 6.45) is 0.411. The molecule has 0 saturated heterocycles. The zero-order chi connectivity index (χ0) is 11.3. The van der Waals surface area contributed by atoms with Gasteiger partial charge in [-0.3, -0.25) is 0 Å². The Bertz CT molecular complexity index is 322. The number of ether oxygens (including phenoxy) is 2. The van der Waals surface area contributed by atoms with Gasteiger partial charge in [0.1, 0.15) is 12.2 Å². The van der Waals surface area contributed by atoms with Gasteiger partial charge >= 0.3 is 0 Å². The van der Waals surface area contributed by atoms with Gasteiger partial charge in [-0.05, 0) is 19.1 Å². The van der Waals surface area contributed by atoms with Crippen molar-refractivity contribution in [3.05, 3.63) is 36.9 Å². The SMILES string of the molecule is C=CC(O)[C@@H](C)Oc1ccccc1OC. The number of benzene rings is 1. The normalized spacial score (nSPS) is 14.1. The van der Waals surface area contributed by atoms with E-state index in [-0.39, 0.29) is 6.10 Å². The minimum absolute atomic E-state index is 0.348. The van der Waals surface area contributed by atoms with E-state index in [4.69, 9.17) is 9.47 Å². The minimum Gasteiger partial charge on any atom is -0.493 e. The second kappa shape index (κ2) is 5.41. The molecule has 1 N–H and O–H groups in total. The van der Waals surface area contributed by atoms with Crippen LogP contribution in [-0.2, 0) is 0 Å². The number of aliphatic hydroxyl groups excluding tert-OH is 1. The largest absolute Gasteiger partial charge is 0.493 e. The maximum Gasteiger partial charge on any atom is 0.161 e. The first-order chi connectivity index (χ1) is 7.19. The lowest BCUT2D eigenvalue weighted by atomic mass is 10.2. The van der Waals surface area contributed by atoms with E-state index in [2.05, 4.69) is 6.58 Å². The summed E-state index contributed by atoms with van der Waals surface area (Å²) < 4.78 is 10.7. The molecule has 0 aliphatic carbocycles. The van der Waals surface area contributed by atoms with E-state index < -0.39 is 6.10 Å². The molecule has 0 heterocycles. The summed E-state index contributed by atoms with van der Waals surface area (Å²) in [4.78, 5) is 0. The number of para-hydroxylation sites is 2. The first-order valence-electron chi connectivity index (χ1n) is 4.79. The van der Waals surface area contributed by atoms with E-state index in [9.17, 15) is 5.11 Å². The molecule has 1 aromatic rings. The van der Waals surface area contributed by atoms with E-state index >= 15 is 0 Å². The molecular weight excluding hydrogens is 192 g/mol. The third-order valence-electron chi connectivity index (χ3n) is 2.10. The van der Waals surface area contributed by atoms with Crippen molar-refractivity contribution in [1.29, 1.82) is 0 Å². The predicted octanol–water partition coefficient (Wildman–Crippen LogP) is 2.01. The molecule has 3 heteroatoms. The molecule has 3 nitrogen and oxygen atoms in total.